The fraction of sp³-hybridized carbons (Fsp3) is 0.770. The van der Waals surface area contributed by atoms with E-state index in [0.29, 0.717) is 77.4 Å². The lowest BCUT2D eigenvalue weighted by Gasteiger charge is -2.25. The molecule has 1 aliphatic heterocycles. The van der Waals surface area contributed by atoms with Gasteiger partial charge in [-0.1, -0.05) is 175 Å². The third-order valence-corrected chi connectivity index (χ3v) is 20.3. The molecule has 1 aliphatic rings. The van der Waals surface area contributed by atoms with Gasteiger partial charge in [0.1, 0.15) is 12.4 Å². The number of hydrogen-bond donors (Lipinski definition) is 11. The Labute approximate surface area is 624 Å². The lowest BCUT2D eigenvalue weighted by Crippen LogP contribution is -2.44. The molecule has 7 atom stereocenters. The van der Waals surface area contributed by atoms with E-state index in [1.165, 1.54) is 133 Å². The number of nitrogens with one attached hydrogen (secondary N) is 2. The molecule has 6 unspecified atom stereocenters. The van der Waals surface area contributed by atoms with Gasteiger partial charge in [-0.15, -0.1) is 11.8 Å². The van der Waals surface area contributed by atoms with E-state index in [1.807, 2.05) is 6.92 Å². The van der Waals surface area contributed by atoms with E-state index in [1.54, 1.807) is 0 Å². The van der Waals surface area contributed by atoms with Crippen molar-refractivity contribution in [2.75, 3.05) is 63.2 Å². The monoisotopic (exact) mass is 1500 g/mol. The average Bonchev–Trinajstić information content (AvgIpc) is 1.64. The summed E-state index contributed by atoms with van der Waals surface area (Å²) in [5.74, 6) is -3.55. The van der Waals surface area contributed by atoms with Gasteiger partial charge in [0.2, 0.25) is 11.8 Å². The number of rotatable bonds is 67. The fourth-order valence-electron chi connectivity index (χ4n) is 12.3. The lowest BCUT2D eigenvalue weighted by molar-refractivity contribution is -0.161. The van der Waals surface area contributed by atoms with Gasteiger partial charge in [-0.05, 0) is 107 Å². The predicted octanol–water partition coefficient (Wildman–Crippen LogP) is 10.0. The molecular weight excluding hydrogens is 1370 g/mol. The Kier molecular flexibility index (Phi) is 52.9. The molecule has 1 saturated heterocycles. The Balaban J connectivity index is 2.09. The smallest absolute Gasteiger partial charge is 0.462 e. The van der Waals surface area contributed by atoms with Crippen molar-refractivity contribution in [3.05, 3.63) is 29.8 Å². The van der Waals surface area contributed by atoms with Gasteiger partial charge in [0.25, 0.3) is 5.91 Å². The van der Waals surface area contributed by atoms with Crippen molar-refractivity contribution in [2.45, 2.75) is 295 Å². The molecule has 0 radical (unpaired) electrons. The molecule has 104 heavy (non-hydrogen) atoms. The zero-order valence-corrected chi connectivity index (χ0v) is 65.0. The van der Waals surface area contributed by atoms with Crippen LogP contribution in [0, 0.1) is 11.8 Å². The molecule has 1 aromatic rings. The van der Waals surface area contributed by atoms with E-state index in [0.717, 1.165) is 61.6 Å². The van der Waals surface area contributed by atoms with Crippen LogP contribution in [0.15, 0.2) is 44.2 Å². The molecular formula is C74H134N15O13PS. The maximum atomic E-state index is 14.4. The van der Waals surface area contributed by atoms with Crippen molar-refractivity contribution in [2.24, 2.45) is 77.7 Å². The third-order valence-electron chi connectivity index (χ3n) is 18.2. The van der Waals surface area contributed by atoms with Crippen LogP contribution in [-0.4, -0.2) is 152 Å². The number of amides is 3. The minimum absolute atomic E-state index is 0.00244. The molecule has 0 spiro atoms. The first-order valence-electron chi connectivity index (χ1n) is 38.8. The second kappa shape index (κ2) is 58.7. The highest BCUT2D eigenvalue weighted by Crippen LogP contribution is 2.44. The van der Waals surface area contributed by atoms with Crippen LogP contribution in [0.4, 0.5) is 5.69 Å². The number of phosphoric acid groups is 1. The van der Waals surface area contributed by atoms with Crippen molar-refractivity contribution in [1.82, 2.24) is 10.6 Å². The molecule has 1 fully saturated rings. The molecule has 1 heterocycles. The number of phosphoric ester groups is 1. The summed E-state index contributed by atoms with van der Waals surface area (Å²) in [4.78, 5) is 124. The first-order chi connectivity index (χ1) is 49.9. The van der Waals surface area contributed by atoms with E-state index in [2.05, 4.69) is 44.5 Å². The number of nitrogens with two attached hydrogens (primary N) is 8. The van der Waals surface area contributed by atoms with E-state index >= 15 is 0 Å². The summed E-state index contributed by atoms with van der Waals surface area (Å²) in [6, 6.07) is 4.16. The van der Waals surface area contributed by atoms with Crippen LogP contribution in [0.3, 0.4) is 0 Å². The topological polar surface area (TPSA) is 479 Å². The average molecular weight is 1510 g/mol. The van der Waals surface area contributed by atoms with Crippen LogP contribution in [0.5, 0.6) is 0 Å². The molecule has 594 valence electrons. The quantitative estimate of drug-likeness (QED) is 0.00721. The SMILES string of the molecule is CCCCCCCCCCCCCCCC(=O)OC[C@H](COP(=O)(O)OCCSC1CC(=O)N(c2ccc(C(=O)NC(CCCN=C(N)N)C(=O)CC(CCCN=C(N)N)CNC(CCCN=C(N)N)C(=O)CC(C)CCCN=C(N)N)cc2)C1=O)OC(=O)CCCCCCCCCCCCCCC. The second-order valence-electron chi connectivity index (χ2n) is 27.6. The third kappa shape index (κ3) is 47.9. The number of carbonyl (C=O) groups is 7. The number of carbonyl (C=O) groups excluding carboxylic acids is 7. The highest BCUT2D eigenvalue weighted by atomic mass is 32.2. The van der Waals surface area contributed by atoms with E-state index in [4.69, 9.17) is 64.4 Å². The van der Waals surface area contributed by atoms with Gasteiger partial charge in [-0.3, -0.25) is 62.6 Å². The van der Waals surface area contributed by atoms with Crippen molar-refractivity contribution in [3.8, 4) is 0 Å². The first-order valence-corrected chi connectivity index (χ1v) is 41.4. The maximum absolute atomic E-state index is 14.4. The summed E-state index contributed by atoms with van der Waals surface area (Å²) in [6.45, 7) is 6.59. The van der Waals surface area contributed by atoms with Gasteiger partial charge in [0.05, 0.1) is 36.2 Å². The molecule has 2 rings (SSSR count). The molecule has 0 aromatic heterocycles. The van der Waals surface area contributed by atoms with Gasteiger partial charge < -0.3 is 70.9 Å². The molecule has 19 N–H and O–H groups in total. The van der Waals surface area contributed by atoms with E-state index in [9.17, 15) is 43.0 Å². The Hall–Kier alpha value is -6.39. The number of thioether (sulfide) groups is 1. The van der Waals surface area contributed by atoms with E-state index in [-0.39, 0.29) is 129 Å². The first kappa shape index (κ1) is 93.7. The molecule has 0 bridgehead atoms. The summed E-state index contributed by atoms with van der Waals surface area (Å²) in [7, 11) is -4.77. The summed E-state index contributed by atoms with van der Waals surface area (Å²) in [5.41, 5.74) is 44.9. The molecule has 30 heteroatoms. The largest absolute Gasteiger partial charge is 0.472 e. The van der Waals surface area contributed by atoms with E-state index < -0.39 is 67.5 Å². The minimum Gasteiger partial charge on any atom is -0.462 e. The van der Waals surface area contributed by atoms with Crippen LogP contribution in [0.1, 0.15) is 282 Å². The number of anilines is 1. The number of ketones is 2. The highest BCUT2D eigenvalue weighted by Gasteiger charge is 2.40. The Morgan fingerprint density at radius 2 is 0.990 bits per heavy atom. The number of unbranched alkanes of at least 4 members (excludes halogenated alkanes) is 24. The highest BCUT2D eigenvalue weighted by molar-refractivity contribution is 8.00. The number of hydrogen-bond acceptors (Lipinski definition) is 18. The predicted molar refractivity (Wildman–Crippen MR) is 418 cm³/mol. The molecule has 0 saturated carbocycles. The molecule has 1 aromatic carbocycles. The van der Waals surface area contributed by atoms with Gasteiger partial charge >= 0.3 is 19.8 Å². The van der Waals surface area contributed by atoms with Crippen molar-refractivity contribution in [1.29, 1.82) is 0 Å². The molecule has 3 amide bonds. The Morgan fingerprint density at radius 1 is 0.558 bits per heavy atom. The standard InChI is InChI=1S/C74H134N15O13PS/c1-4-6-8-10-12-14-16-18-20-22-24-26-28-38-67(93)99-54-60(102-68(94)39-29-27-25-23-21-19-17-15-13-11-9-7-5-2)55-101-103(97,98)100-48-49-104-65-52-66(92)89(70(65)96)59-42-40-58(41-43-59)69(95)88-62(37-33-47-86-74(81)82)64(91)51-57(35-31-45-84-72(77)78)53-87-61(36-32-46-85-73(79)80)63(90)50-56(3)34-30-44-83-71(75)76/h40-43,56-57,60-62,65,87H,4-39,44-55H2,1-3H3,(H,88,95)(H,97,98)(H4,75,76,83)(H4,77,78,84)(H4,79,80,85)(H4,81,82,86)/t56?,57?,60-,61?,62?,65?/m1/s1. The minimum atomic E-state index is -4.77. The van der Waals surface area contributed by atoms with Gasteiger partial charge in [0.15, 0.2) is 35.7 Å². The van der Waals surface area contributed by atoms with Crippen LogP contribution in [-0.2, 0) is 51.9 Å². The van der Waals surface area contributed by atoms with Gasteiger partial charge in [-0.25, -0.2) is 9.46 Å². The normalized spacial score (nSPS) is 14.9. The zero-order chi connectivity index (χ0) is 76.6. The molecule has 28 nitrogen and oxygen atoms in total. The number of imide groups is 1. The van der Waals surface area contributed by atoms with Crippen LogP contribution in [0.25, 0.3) is 0 Å². The number of benzene rings is 1. The zero-order valence-electron chi connectivity index (χ0n) is 63.3. The van der Waals surface area contributed by atoms with Crippen molar-refractivity contribution < 1.29 is 61.5 Å². The summed E-state index contributed by atoms with van der Waals surface area (Å²) in [5, 5.41) is 5.43. The Morgan fingerprint density at radius 3 is 1.47 bits per heavy atom. The number of guanidine groups is 4. The number of Topliss-reactive ketones (excluding diaryl/α,β-unsaturated/α-hetero) is 2. The Bertz CT molecular complexity index is 2750. The van der Waals surface area contributed by atoms with Gasteiger partial charge in [0, 0.05) is 69.6 Å². The fourth-order valence-corrected chi connectivity index (χ4v) is 14.1. The van der Waals surface area contributed by atoms with Crippen molar-refractivity contribution in [3.63, 3.8) is 0 Å². The summed E-state index contributed by atoms with van der Waals surface area (Å²) < 4.78 is 34.9. The van der Waals surface area contributed by atoms with Crippen LogP contribution < -0.4 is 61.4 Å². The summed E-state index contributed by atoms with van der Waals surface area (Å²) in [6.07, 6.45) is 33.1. The summed E-state index contributed by atoms with van der Waals surface area (Å²) >= 11 is 1.04. The second-order valence-corrected chi connectivity index (χ2v) is 30.4. The van der Waals surface area contributed by atoms with Crippen LogP contribution in [0.2, 0.25) is 0 Å². The van der Waals surface area contributed by atoms with Gasteiger partial charge in [-0.2, -0.15) is 0 Å². The maximum Gasteiger partial charge on any atom is 0.472 e. The number of nitrogens with zero attached hydrogens (tertiary/aromatic N) is 5. The number of aliphatic imine (C=N–C) groups is 4. The molecule has 0 aliphatic carbocycles. The number of ether oxygens (including phenoxy) is 2. The van der Waals surface area contributed by atoms with Crippen LogP contribution >= 0.6 is 19.6 Å². The lowest BCUT2D eigenvalue weighted by atomic mass is 9.90. The van der Waals surface area contributed by atoms with Crippen molar-refractivity contribution >= 4 is 90.3 Å². The number of esters is 2.